The summed E-state index contributed by atoms with van der Waals surface area (Å²) in [5, 5.41) is 13.6. The molecule has 1 heterocycles. The second-order valence-corrected chi connectivity index (χ2v) is 6.07. The fourth-order valence-corrected chi connectivity index (χ4v) is 2.98. The van der Waals surface area contributed by atoms with Crippen LogP contribution in [-0.2, 0) is 0 Å². The van der Waals surface area contributed by atoms with Crippen LogP contribution in [0.4, 0.5) is 0 Å². The third kappa shape index (κ3) is 3.97. The van der Waals surface area contributed by atoms with Gasteiger partial charge in [-0.1, -0.05) is 19.1 Å². The molecule has 1 aliphatic rings. The third-order valence-electron chi connectivity index (χ3n) is 4.52. The summed E-state index contributed by atoms with van der Waals surface area (Å²) in [6.45, 7) is 11.1. The number of likely N-dealkylation sites (tertiary alicyclic amines) is 1. The lowest BCUT2D eigenvalue weighted by Gasteiger charge is -2.31. The maximum Gasteiger partial charge on any atom is 0.120 e. The number of piperidine rings is 1. The van der Waals surface area contributed by atoms with Gasteiger partial charge in [-0.05, 0) is 70.4 Å². The molecule has 0 amide bonds. The van der Waals surface area contributed by atoms with Crippen molar-refractivity contribution in [1.29, 1.82) is 0 Å². The summed E-state index contributed by atoms with van der Waals surface area (Å²) in [4.78, 5) is 2.52. The van der Waals surface area contributed by atoms with Crippen LogP contribution >= 0.6 is 0 Å². The molecule has 2 rings (SSSR count). The van der Waals surface area contributed by atoms with E-state index < -0.39 is 0 Å². The predicted octanol–water partition coefficient (Wildman–Crippen LogP) is 3.08. The van der Waals surface area contributed by atoms with Gasteiger partial charge < -0.3 is 15.3 Å². The molecule has 0 bridgehead atoms. The largest absolute Gasteiger partial charge is 0.508 e. The zero-order valence-corrected chi connectivity index (χ0v) is 13.0. The molecule has 0 saturated carbocycles. The Morgan fingerprint density at radius 1 is 1.35 bits per heavy atom. The van der Waals surface area contributed by atoms with Crippen LogP contribution in [0.5, 0.6) is 5.75 Å². The summed E-state index contributed by atoms with van der Waals surface area (Å²) in [7, 11) is 0. The maximum atomic E-state index is 10.0. The van der Waals surface area contributed by atoms with E-state index in [9.17, 15) is 5.11 Å². The van der Waals surface area contributed by atoms with Crippen LogP contribution in [0.2, 0.25) is 0 Å². The van der Waals surface area contributed by atoms with E-state index in [4.69, 9.17) is 0 Å². The van der Waals surface area contributed by atoms with Crippen molar-refractivity contribution in [3.8, 4) is 5.75 Å². The number of nitrogens with one attached hydrogen (secondary N) is 1. The van der Waals surface area contributed by atoms with Crippen LogP contribution in [0.25, 0.3) is 0 Å². The lowest BCUT2D eigenvalue weighted by Crippen LogP contribution is -2.37. The fourth-order valence-electron chi connectivity index (χ4n) is 2.98. The minimum Gasteiger partial charge on any atom is -0.508 e. The van der Waals surface area contributed by atoms with Crippen LogP contribution < -0.4 is 5.32 Å². The lowest BCUT2D eigenvalue weighted by atomic mass is 9.96. The predicted molar refractivity (Wildman–Crippen MR) is 84.1 cm³/mol. The quantitative estimate of drug-likeness (QED) is 0.867. The Morgan fingerprint density at radius 2 is 2.05 bits per heavy atom. The van der Waals surface area contributed by atoms with Crippen molar-refractivity contribution in [2.75, 3.05) is 26.2 Å². The molecule has 0 aromatic heterocycles. The van der Waals surface area contributed by atoms with Gasteiger partial charge in [0.2, 0.25) is 0 Å². The van der Waals surface area contributed by atoms with E-state index in [2.05, 4.69) is 30.1 Å². The van der Waals surface area contributed by atoms with Crippen molar-refractivity contribution in [3.05, 3.63) is 29.3 Å². The topological polar surface area (TPSA) is 35.5 Å². The standard InChI is InChI=1S/C17H28N2O/c1-4-19-9-7-15(8-10-19)12-18-14(3)16-6-5-13(2)11-17(16)20/h5-6,11,14-15,18,20H,4,7-10,12H2,1-3H3. The molecule has 112 valence electrons. The van der Waals surface area contributed by atoms with Gasteiger partial charge in [0.25, 0.3) is 0 Å². The highest BCUT2D eigenvalue weighted by molar-refractivity contribution is 5.37. The monoisotopic (exact) mass is 276 g/mol. The first-order chi connectivity index (χ1) is 9.60. The highest BCUT2D eigenvalue weighted by atomic mass is 16.3. The number of rotatable bonds is 5. The van der Waals surface area contributed by atoms with Gasteiger partial charge in [0.15, 0.2) is 0 Å². The summed E-state index contributed by atoms with van der Waals surface area (Å²) in [6, 6.07) is 6.14. The molecule has 0 spiro atoms. The molecule has 1 unspecified atom stereocenters. The molecule has 2 N–H and O–H groups in total. The Morgan fingerprint density at radius 3 is 2.65 bits per heavy atom. The van der Waals surface area contributed by atoms with Crippen molar-refractivity contribution >= 4 is 0 Å². The van der Waals surface area contributed by atoms with Gasteiger partial charge in [0, 0.05) is 11.6 Å². The van der Waals surface area contributed by atoms with Gasteiger partial charge in [-0.25, -0.2) is 0 Å². The highest BCUT2D eigenvalue weighted by Gasteiger charge is 2.19. The average molecular weight is 276 g/mol. The number of phenolic OH excluding ortho intramolecular Hbond substituents is 1. The molecule has 20 heavy (non-hydrogen) atoms. The van der Waals surface area contributed by atoms with E-state index in [1.807, 2.05) is 19.1 Å². The smallest absolute Gasteiger partial charge is 0.120 e. The normalized spacial score (nSPS) is 19.1. The van der Waals surface area contributed by atoms with Gasteiger partial charge in [0.05, 0.1) is 0 Å². The van der Waals surface area contributed by atoms with Crippen molar-refractivity contribution < 1.29 is 5.11 Å². The van der Waals surface area contributed by atoms with Crippen molar-refractivity contribution in [1.82, 2.24) is 10.2 Å². The molecule has 1 aromatic carbocycles. The van der Waals surface area contributed by atoms with Crippen LogP contribution in [0.3, 0.4) is 0 Å². The summed E-state index contributed by atoms with van der Waals surface area (Å²) in [6.07, 6.45) is 2.57. The van der Waals surface area contributed by atoms with E-state index in [0.717, 1.165) is 23.6 Å². The minimum atomic E-state index is 0.208. The number of aromatic hydroxyl groups is 1. The van der Waals surface area contributed by atoms with Gasteiger partial charge in [-0.3, -0.25) is 0 Å². The first-order valence-corrected chi connectivity index (χ1v) is 7.85. The molecule has 1 aromatic rings. The zero-order valence-electron chi connectivity index (χ0n) is 13.0. The second-order valence-electron chi connectivity index (χ2n) is 6.07. The van der Waals surface area contributed by atoms with Gasteiger partial charge >= 0.3 is 0 Å². The zero-order chi connectivity index (χ0) is 14.5. The van der Waals surface area contributed by atoms with Crippen LogP contribution in [0.15, 0.2) is 18.2 Å². The molecule has 1 saturated heterocycles. The highest BCUT2D eigenvalue weighted by Crippen LogP contribution is 2.25. The summed E-state index contributed by atoms with van der Waals surface area (Å²) in [5.74, 6) is 1.18. The molecular weight excluding hydrogens is 248 g/mol. The Hall–Kier alpha value is -1.06. The van der Waals surface area contributed by atoms with Crippen LogP contribution in [-0.4, -0.2) is 36.2 Å². The Kier molecular flexibility index (Phi) is 5.44. The Balaban J connectivity index is 1.82. The SMILES string of the molecule is CCN1CCC(CNC(C)c2ccc(C)cc2O)CC1. The average Bonchev–Trinajstić information content (AvgIpc) is 2.45. The van der Waals surface area contributed by atoms with E-state index in [-0.39, 0.29) is 6.04 Å². The van der Waals surface area contributed by atoms with E-state index in [0.29, 0.717) is 5.75 Å². The molecular formula is C17H28N2O. The molecule has 0 aliphatic carbocycles. The molecule has 0 radical (unpaired) electrons. The van der Waals surface area contributed by atoms with Crippen molar-refractivity contribution in [2.45, 2.75) is 39.7 Å². The molecule has 1 atom stereocenters. The minimum absolute atomic E-state index is 0.208. The molecule has 3 nitrogen and oxygen atoms in total. The number of nitrogens with zero attached hydrogens (tertiary/aromatic N) is 1. The molecule has 3 heteroatoms. The van der Waals surface area contributed by atoms with E-state index in [1.54, 1.807) is 0 Å². The van der Waals surface area contributed by atoms with Crippen LogP contribution in [0.1, 0.15) is 43.9 Å². The van der Waals surface area contributed by atoms with Gasteiger partial charge in [0.1, 0.15) is 5.75 Å². The number of benzene rings is 1. The number of hydrogen-bond donors (Lipinski definition) is 2. The summed E-state index contributed by atoms with van der Waals surface area (Å²) in [5.41, 5.74) is 2.10. The van der Waals surface area contributed by atoms with Crippen molar-refractivity contribution in [2.24, 2.45) is 5.92 Å². The summed E-state index contributed by atoms with van der Waals surface area (Å²) >= 11 is 0. The number of hydrogen-bond acceptors (Lipinski definition) is 3. The van der Waals surface area contributed by atoms with Gasteiger partial charge in [-0.2, -0.15) is 0 Å². The second kappa shape index (κ2) is 7.09. The molecule has 1 aliphatic heterocycles. The third-order valence-corrected chi connectivity index (χ3v) is 4.52. The number of phenols is 1. The van der Waals surface area contributed by atoms with E-state index in [1.165, 1.54) is 32.5 Å². The number of aryl methyl sites for hydroxylation is 1. The first kappa shape index (κ1) is 15.3. The maximum absolute atomic E-state index is 10.0. The Labute approximate surface area is 123 Å². The summed E-state index contributed by atoms with van der Waals surface area (Å²) < 4.78 is 0. The van der Waals surface area contributed by atoms with E-state index >= 15 is 0 Å². The molecule has 1 fully saturated rings. The fraction of sp³-hybridized carbons (Fsp3) is 0.647. The Bertz CT molecular complexity index is 425. The van der Waals surface area contributed by atoms with Crippen LogP contribution in [0, 0.1) is 12.8 Å². The first-order valence-electron chi connectivity index (χ1n) is 7.85. The van der Waals surface area contributed by atoms with Gasteiger partial charge in [-0.15, -0.1) is 0 Å². The van der Waals surface area contributed by atoms with Crippen molar-refractivity contribution in [3.63, 3.8) is 0 Å². The lowest BCUT2D eigenvalue weighted by molar-refractivity contribution is 0.188.